The summed E-state index contributed by atoms with van der Waals surface area (Å²) in [5.41, 5.74) is 1.09. The molecule has 2 atom stereocenters. The normalized spacial score (nSPS) is 21.2. The quantitative estimate of drug-likeness (QED) is 0.498. The number of carbonyl (C=O) groups excluding carboxylic acids is 1. The molecule has 7 heteroatoms. The first-order chi connectivity index (χ1) is 12.9. The van der Waals surface area contributed by atoms with E-state index in [4.69, 9.17) is 5.11 Å². The number of nitrogens with zero attached hydrogens (tertiary/aromatic N) is 1. The van der Waals surface area contributed by atoms with Gasteiger partial charge in [0, 0.05) is 24.5 Å². The predicted molar refractivity (Wildman–Crippen MR) is 104 cm³/mol. The first-order valence-electron chi connectivity index (χ1n) is 9.62. The molecule has 1 fully saturated rings. The number of urea groups is 1. The van der Waals surface area contributed by atoms with E-state index < -0.39 is 12.1 Å². The molecule has 1 aromatic rings. The number of amides is 2. The van der Waals surface area contributed by atoms with Gasteiger partial charge in [-0.1, -0.05) is 37.3 Å². The number of carbonyl (C=O) groups is 2. The van der Waals surface area contributed by atoms with Crippen LogP contribution in [0.1, 0.15) is 44.6 Å². The summed E-state index contributed by atoms with van der Waals surface area (Å²) in [4.78, 5) is 25.0. The Bertz CT molecular complexity index is 603. The van der Waals surface area contributed by atoms with E-state index in [0.29, 0.717) is 19.5 Å². The molecule has 2 amide bonds. The van der Waals surface area contributed by atoms with Crippen LogP contribution in [0.4, 0.5) is 4.79 Å². The lowest BCUT2D eigenvalue weighted by Crippen LogP contribution is -2.56. The molecule has 7 nitrogen and oxygen atoms in total. The van der Waals surface area contributed by atoms with Gasteiger partial charge in [0.1, 0.15) is 0 Å². The van der Waals surface area contributed by atoms with E-state index in [1.807, 2.05) is 42.2 Å². The first kappa shape index (κ1) is 21.2. The summed E-state index contributed by atoms with van der Waals surface area (Å²) in [6.07, 6.45) is 1.67. The molecule has 150 valence electrons. The van der Waals surface area contributed by atoms with Gasteiger partial charge in [0.15, 0.2) is 0 Å². The smallest absolute Gasteiger partial charge is 0.317 e. The van der Waals surface area contributed by atoms with Gasteiger partial charge >= 0.3 is 12.0 Å². The van der Waals surface area contributed by atoms with E-state index in [2.05, 4.69) is 10.6 Å². The van der Waals surface area contributed by atoms with Crippen LogP contribution in [-0.2, 0) is 4.79 Å². The van der Waals surface area contributed by atoms with Gasteiger partial charge in [-0.05, 0) is 38.3 Å². The summed E-state index contributed by atoms with van der Waals surface area (Å²) >= 11 is 0. The van der Waals surface area contributed by atoms with Crippen LogP contribution in [0, 0.1) is 0 Å². The molecule has 0 aliphatic heterocycles. The van der Waals surface area contributed by atoms with E-state index in [9.17, 15) is 14.7 Å². The minimum absolute atomic E-state index is 0.0399. The summed E-state index contributed by atoms with van der Waals surface area (Å²) in [6, 6.07) is 9.93. The highest BCUT2D eigenvalue weighted by Gasteiger charge is 2.34. The average Bonchev–Trinajstić information content (AvgIpc) is 2.60. The summed E-state index contributed by atoms with van der Waals surface area (Å²) in [5, 5.41) is 24.5. The van der Waals surface area contributed by atoms with Crippen LogP contribution in [0.25, 0.3) is 0 Å². The van der Waals surface area contributed by atoms with Gasteiger partial charge in [-0.3, -0.25) is 9.69 Å². The third-order valence-corrected chi connectivity index (χ3v) is 5.11. The summed E-state index contributed by atoms with van der Waals surface area (Å²) in [6.45, 7) is 4.88. The number of aliphatic hydroxyl groups excluding tert-OH is 1. The lowest BCUT2D eigenvalue weighted by molar-refractivity contribution is -0.139. The Morgan fingerprint density at radius 3 is 2.48 bits per heavy atom. The van der Waals surface area contributed by atoms with Crippen molar-refractivity contribution in [2.24, 2.45) is 0 Å². The maximum absolute atomic E-state index is 12.2. The maximum Gasteiger partial charge on any atom is 0.317 e. The fourth-order valence-electron chi connectivity index (χ4n) is 3.60. The molecule has 4 N–H and O–H groups in total. The molecule has 0 radical (unpaired) electrons. The molecule has 0 heterocycles. The van der Waals surface area contributed by atoms with Crippen LogP contribution in [0.15, 0.2) is 30.3 Å². The fourth-order valence-corrected chi connectivity index (χ4v) is 3.60. The zero-order valence-corrected chi connectivity index (χ0v) is 16.1. The first-order valence-corrected chi connectivity index (χ1v) is 9.62. The van der Waals surface area contributed by atoms with Crippen LogP contribution in [0.5, 0.6) is 0 Å². The molecular formula is C20H31N3O4. The minimum Gasteiger partial charge on any atom is -0.480 e. The minimum atomic E-state index is -0.823. The molecule has 1 aliphatic rings. The monoisotopic (exact) mass is 377 g/mol. The zero-order chi connectivity index (χ0) is 19.8. The largest absolute Gasteiger partial charge is 0.480 e. The van der Waals surface area contributed by atoms with Crippen molar-refractivity contribution in [2.45, 2.75) is 57.2 Å². The van der Waals surface area contributed by atoms with Crippen molar-refractivity contribution < 1.29 is 19.8 Å². The molecule has 1 aromatic carbocycles. The van der Waals surface area contributed by atoms with Crippen molar-refractivity contribution >= 4 is 12.0 Å². The van der Waals surface area contributed by atoms with Crippen LogP contribution >= 0.6 is 0 Å². The van der Waals surface area contributed by atoms with Gasteiger partial charge in [-0.2, -0.15) is 0 Å². The average molecular weight is 377 g/mol. The van der Waals surface area contributed by atoms with E-state index in [1.54, 1.807) is 6.92 Å². The SMILES string of the molecule is CCN(CC(=O)O)C1CC(NC(=O)NCC(CC(C)O)c2ccccc2)C1. The van der Waals surface area contributed by atoms with Crippen LogP contribution in [0.3, 0.4) is 0 Å². The Hall–Kier alpha value is -2.12. The number of aliphatic carboxylic acids is 1. The Morgan fingerprint density at radius 2 is 1.93 bits per heavy atom. The fraction of sp³-hybridized carbons (Fsp3) is 0.600. The summed E-state index contributed by atoms with van der Waals surface area (Å²) in [5.74, 6) is -0.770. The number of likely N-dealkylation sites (N-methyl/N-ethyl adjacent to an activating group) is 1. The lowest BCUT2D eigenvalue weighted by atomic mass is 9.85. The van der Waals surface area contributed by atoms with Crippen LogP contribution in [0.2, 0.25) is 0 Å². The topological polar surface area (TPSA) is 102 Å². The molecule has 0 bridgehead atoms. The molecule has 0 spiro atoms. The van der Waals surface area contributed by atoms with Gasteiger partial charge in [-0.25, -0.2) is 4.79 Å². The Morgan fingerprint density at radius 1 is 1.26 bits per heavy atom. The zero-order valence-electron chi connectivity index (χ0n) is 16.1. The third-order valence-electron chi connectivity index (χ3n) is 5.11. The van der Waals surface area contributed by atoms with E-state index >= 15 is 0 Å². The second kappa shape index (κ2) is 10.3. The molecule has 2 rings (SSSR count). The van der Waals surface area contributed by atoms with E-state index in [0.717, 1.165) is 18.4 Å². The molecule has 1 saturated carbocycles. The van der Waals surface area contributed by atoms with Gasteiger partial charge in [-0.15, -0.1) is 0 Å². The second-order valence-electron chi connectivity index (χ2n) is 7.33. The Labute approximate surface area is 160 Å². The van der Waals surface area contributed by atoms with Gasteiger partial charge < -0.3 is 20.8 Å². The van der Waals surface area contributed by atoms with Crippen LogP contribution < -0.4 is 10.6 Å². The predicted octanol–water partition coefficient (Wildman–Crippen LogP) is 1.78. The van der Waals surface area contributed by atoms with Crippen molar-refractivity contribution in [1.82, 2.24) is 15.5 Å². The number of hydrogen-bond acceptors (Lipinski definition) is 4. The number of hydrogen-bond donors (Lipinski definition) is 4. The molecule has 0 aromatic heterocycles. The van der Waals surface area contributed by atoms with Crippen molar-refractivity contribution in [2.75, 3.05) is 19.6 Å². The number of benzene rings is 1. The molecular weight excluding hydrogens is 346 g/mol. The highest BCUT2D eigenvalue weighted by molar-refractivity contribution is 5.74. The Kier molecular flexibility index (Phi) is 8.06. The second-order valence-corrected chi connectivity index (χ2v) is 7.33. The van der Waals surface area contributed by atoms with Gasteiger partial charge in [0.2, 0.25) is 0 Å². The van der Waals surface area contributed by atoms with Crippen molar-refractivity contribution in [3.05, 3.63) is 35.9 Å². The number of carboxylic acid groups (broad SMARTS) is 1. The number of carboxylic acids is 1. The van der Waals surface area contributed by atoms with Gasteiger partial charge in [0.25, 0.3) is 0 Å². The van der Waals surface area contributed by atoms with Crippen molar-refractivity contribution in [3.8, 4) is 0 Å². The molecule has 0 saturated heterocycles. The number of nitrogens with one attached hydrogen (secondary N) is 2. The van der Waals surface area contributed by atoms with Crippen molar-refractivity contribution in [1.29, 1.82) is 0 Å². The maximum atomic E-state index is 12.2. The van der Waals surface area contributed by atoms with E-state index in [1.165, 1.54) is 0 Å². The number of aliphatic hydroxyl groups is 1. The molecule has 27 heavy (non-hydrogen) atoms. The van der Waals surface area contributed by atoms with Crippen LogP contribution in [-0.4, -0.2) is 64.9 Å². The molecule has 1 aliphatic carbocycles. The third kappa shape index (κ3) is 6.84. The van der Waals surface area contributed by atoms with Gasteiger partial charge in [0.05, 0.1) is 12.6 Å². The highest BCUT2D eigenvalue weighted by Crippen LogP contribution is 2.25. The highest BCUT2D eigenvalue weighted by atomic mass is 16.4. The Balaban J connectivity index is 1.76. The lowest BCUT2D eigenvalue weighted by Gasteiger charge is -2.42. The van der Waals surface area contributed by atoms with Crippen molar-refractivity contribution in [3.63, 3.8) is 0 Å². The van der Waals surface area contributed by atoms with E-state index in [-0.39, 0.29) is 30.6 Å². The summed E-state index contributed by atoms with van der Waals surface area (Å²) < 4.78 is 0. The molecule has 2 unspecified atom stereocenters. The standard InChI is InChI=1S/C20H31N3O4/c1-3-23(13-19(25)26)18-10-17(11-18)22-20(27)21-12-16(9-14(2)24)15-7-5-4-6-8-15/h4-8,14,16-18,24H,3,9-13H2,1-2H3,(H,25,26)(H2,21,22,27). The number of rotatable bonds is 10. The summed E-state index contributed by atoms with van der Waals surface area (Å²) in [7, 11) is 0.